The molecule has 0 fully saturated rings. The minimum Gasteiger partial charge on any atom is -0.481 e. The van der Waals surface area contributed by atoms with E-state index < -0.39 is 5.97 Å². The van der Waals surface area contributed by atoms with E-state index in [0.717, 1.165) is 11.1 Å². The second-order valence-electron chi connectivity index (χ2n) is 4.21. The van der Waals surface area contributed by atoms with Gasteiger partial charge in [-0.1, -0.05) is 24.3 Å². The van der Waals surface area contributed by atoms with Gasteiger partial charge in [0.1, 0.15) is 5.82 Å². The molecule has 0 unspecified atom stereocenters. The summed E-state index contributed by atoms with van der Waals surface area (Å²) in [4.78, 5) is 10.7. The quantitative estimate of drug-likeness (QED) is 0.854. The predicted molar refractivity (Wildman–Crippen MR) is 68.3 cm³/mol. The molecule has 0 saturated carbocycles. The summed E-state index contributed by atoms with van der Waals surface area (Å²) in [6.07, 6.45) is 1.42. The van der Waals surface area contributed by atoms with E-state index in [1.165, 1.54) is 6.20 Å². The molecule has 0 radical (unpaired) electrons. The zero-order valence-corrected chi connectivity index (χ0v) is 10.1. The number of aromatic nitrogens is 2. The molecule has 5 nitrogen and oxygen atoms in total. The first kappa shape index (κ1) is 12.2. The number of hydrogen-bond acceptors (Lipinski definition) is 3. The molecule has 0 amide bonds. The molecular weight excluding hydrogens is 230 g/mol. The minimum atomic E-state index is -0.905. The van der Waals surface area contributed by atoms with Gasteiger partial charge < -0.3 is 10.8 Å². The van der Waals surface area contributed by atoms with Crippen LogP contribution in [0.25, 0.3) is 0 Å². The zero-order chi connectivity index (χ0) is 13.1. The van der Waals surface area contributed by atoms with Crippen LogP contribution in [-0.4, -0.2) is 20.9 Å². The fraction of sp³-hybridized carbons (Fsp3) is 0.231. The summed E-state index contributed by atoms with van der Waals surface area (Å²) in [5, 5.41) is 12.9. The van der Waals surface area contributed by atoms with Crippen LogP contribution in [0.5, 0.6) is 0 Å². The van der Waals surface area contributed by atoms with Crippen molar-refractivity contribution in [2.24, 2.45) is 0 Å². The van der Waals surface area contributed by atoms with E-state index in [1.54, 1.807) is 4.68 Å². The Kier molecular flexibility index (Phi) is 3.32. The number of nitrogen functional groups attached to an aromatic ring is 1. The van der Waals surface area contributed by atoms with Crippen molar-refractivity contribution in [1.82, 2.24) is 9.78 Å². The lowest BCUT2D eigenvalue weighted by Gasteiger charge is -2.07. The average molecular weight is 245 g/mol. The Morgan fingerprint density at radius 1 is 1.39 bits per heavy atom. The Morgan fingerprint density at radius 2 is 2.11 bits per heavy atom. The van der Waals surface area contributed by atoms with Crippen molar-refractivity contribution in [3.8, 4) is 0 Å². The van der Waals surface area contributed by atoms with Gasteiger partial charge in [0.25, 0.3) is 0 Å². The number of anilines is 1. The lowest BCUT2D eigenvalue weighted by molar-refractivity contribution is -0.136. The summed E-state index contributed by atoms with van der Waals surface area (Å²) >= 11 is 0. The van der Waals surface area contributed by atoms with Crippen LogP contribution < -0.4 is 5.73 Å². The maximum Gasteiger partial charge on any atom is 0.308 e. The summed E-state index contributed by atoms with van der Waals surface area (Å²) in [5.41, 5.74) is 8.72. The normalized spacial score (nSPS) is 10.5. The van der Waals surface area contributed by atoms with Crippen LogP contribution in [0.1, 0.15) is 16.7 Å². The number of benzene rings is 1. The smallest absolute Gasteiger partial charge is 0.308 e. The SMILES string of the molecule is Cc1ccccc1Cn1ncc(CC(=O)O)c1N. The summed E-state index contributed by atoms with van der Waals surface area (Å²) in [7, 11) is 0. The molecule has 1 heterocycles. The highest BCUT2D eigenvalue weighted by molar-refractivity contribution is 5.72. The molecule has 0 aliphatic heterocycles. The number of aryl methyl sites for hydroxylation is 1. The Bertz CT molecular complexity index is 575. The maximum absolute atomic E-state index is 10.7. The molecule has 0 aliphatic rings. The van der Waals surface area contributed by atoms with Gasteiger partial charge in [0, 0.05) is 5.56 Å². The van der Waals surface area contributed by atoms with Crippen LogP contribution in [0, 0.1) is 6.92 Å². The second-order valence-corrected chi connectivity index (χ2v) is 4.21. The number of nitrogens with two attached hydrogens (primary N) is 1. The number of aliphatic carboxylic acids is 1. The van der Waals surface area contributed by atoms with Gasteiger partial charge in [-0.05, 0) is 18.1 Å². The van der Waals surface area contributed by atoms with Gasteiger partial charge in [-0.25, -0.2) is 4.68 Å². The molecule has 0 spiro atoms. The molecule has 94 valence electrons. The van der Waals surface area contributed by atoms with Crippen molar-refractivity contribution in [2.45, 2.75) is 19.9 Å². The van der Waals surface area contributed by atoms with Crippen molar-refractivity contribution in [2.75, 3.05) is 5.73 Å². The third-order valence-corrected chi connectivity index (χ3v) is 2.88. The van der Waals surface area contributed by atoms with E-state index in [4.69, 9.17) is 10.8 Å². The molecule has 2 aromatic rings. The van der Waals surface area contributed by atoms with Gasteiger partial charge in [0.05, 0.1) is 19.2 Å². The summed E-state index contributed by atoms with van der Waals surface area (Å²) in [5.74, 6) is -0.488. The molecule has 0 aliphatic carbocycles. The Labute approximate surface area is 105 Å². The van der Waals surface area contributed by atoms with Crippen LogP contribution in [0.3, 0.4) is 0 Å². The molecular formula is C13H15N3O2. The summed E-state index contributed by atoms with van der Waals surface area (Å²) < 4.78 is 1.63. The highest BCUT2D eigenvalue weighted by Gasteiger charge is 2.11. The van der Waals surface area contributed by atoms with Crippen molar-refractivity contribution in [1.29, 1.82) is 0 Å². The molecule has 5 heteroatoms. The first-order valence-corrected chi connectivity index (χ1v) is 5.64. The summed E-state index contributed by atoms with van der Waals surface area (Å²) in [6, 6.07) is 7.96. The van der Waals surface area contributed by atoms with Gasteiger partial charge in [0.15, 0.2) is 0 Å². The van der Waals surface area contributed by atoms with Crippen molar-refractivity contribution in [3.05, 3.63) is 47.2 Å². The molecule has 1 aromatic heterocycles. The molecule has 3 N–H and O–H groups in total. The predicted octanol–water partition coefficient (Wildman–Crippen LogP) is 1.45. The molecule has 0 bridgehead atoms. The zero-order valence-electron chi connectivity index (χ0n) is 10.1. The van der Waals surface area contributed by atoms with Crippen molar-refractivity contribution < 1.29 is 9.90 Å². The highest BCUT2D eigenvalue weighted by Crippen LogP contribution is 2.15. The number of carbonyl (C=O) groups is 1. The topological polar surface area (TPSA) is 81.1 Å². The Morgan fingerprint density at radius 3 is 2.78 bits per heavy atom. The molecule has 0 atom stereocenters. The van der Waals surface area contributed by atoms with Crippen LogP contribution >= 0.6 is 0 Å². The largest absolute Gasteiger partial charge is 0.481 e. The van der Waals surface area contributed by atoms with E-state index in [9.17, 15) is 4.79 Å². The number of hydrogen-bond donors (Lipinski definition) is 2. The van der Waals surface area contributed by atoms with Crippen LogP contribution in [0.2, 0.25) is 0 Å². The van der Waals surface area contributed by atoms with Crippen molar-refractivity contribution in [3.63, 3.8) is 0 Å². The van der Waals surface area contributed by atoms with E-state index >= 15 is 0 Å². The molecule has 2 rings (SSSR count). The first-order chi connectivity index (χ1) is 8.58. The van der Waals surface area contributed by atoms with E-state index in [-0.39, 0.29) is 6.42 Å². The Balaban J connectivity index is 2.23. The fourth-order valence-electron chi connectivity index (χ4n) is 1.81. The van der Waals surface area contributed by atoms with Crippen LogP contribution in [-0.2, 0) is 17.8 Å². The number of carboxylic acids is 1. The highest BCUT2D eigenvalue weighted by atomic mass is 16.4. The molecule has 1 aromatic carbocycles. The minimum absolute atomic E-state index is 0.0976. The van der Waals surface area contributed by atoms with E-state index in [2.05, 4.69) is 5.10 Å². The third-order valence-electron chi connectivity index (χ3n) is 2.88. The lowest BCUT2D eigenvalue weighted by atomic mass is 10.1. The fourth-order valence-corrected chi connectivity index (χ4v) is 1.81. The number of rotatable bonds is 4. The van der Waals surface area contributed by atoms with Gasteiger partial charge in [-0.15, -0.1) is 0 Å². The van der Waals surface area contributed by atoms with E-state index in [0.29, 0.717) is 17.9 Å². The third kappa shape index (κ3) is 2.51. The van der Waals surface area contributed by atoms with Gasteiger partial charge in [0.2, 0.25) is 0 Å². The maximum atomic E-state index is 10.7. The molecule has 18 heavy (non-hydrogen) atoms. The lowest BCUT2D eigenvalue weighted by Crippen LogP contribution is -2.09. The number of carboxylic acid groups (broad SMARTS) is 1. The van der Waals surface area contributed by atoms with Gasteiger partial charge in [-0.3, -0.25) is 4.79 Å². The summed E-state index contributed by atoms with van der Waals surface area (Å²) in [6.45, 7) is 2.57. The molecule has 0 saturated heterocycles. The Hall–Kier alpha value is -2.30. The monoisotopic (exact) mass is 245 g/mol. The van der Waals surface area contributed by atoms with Crippen LogP contribution in [0.15, 0.2) is 30.5 Å². The van der Waals surface area contributed by atoms with E-state index in [1.807, 2.05) is 31.2 Å². The van der Waals surface area contributed by atoms with Crippen LogP contribution in [0.4, 0.5) is 5.82 Å². The standard InChI is InChI=1S/C13H15N3O2/c1-9-4-2-3-5-10(9)8-16-13(14)11(7-15-16)6-12(17)18/h2-5,7H,6,8,14H2,1H3,(H,17,18). The van der Waals surface area contributed by atoms with Gasteiger partial charge in [-0.2, -0.15) is 5.10 Å². The second kappa shape index (κ2) is 4.91. The van der Waals surface area contributed by atoms with Crippen molar-refractivity contribution >= 4 is 11.8 Å². The first-order valence-electron chi connectivity index (χ1n) is 5.64. The van der Waals surface area contributed by atoms with Gasteiger partial charge >= 0.3 is 5.97 Å². The average Bonchev–Trinajstić information content (AvgIpc) is 2.64. The number of nitrogens with zero attached hydrogens (tertiary/aromatic N) is 2.